The van der Waals surface area contributed by atoms with Crippen LogP contribution < -0.4 is 4.89 Å². The molecule has 1 N–H and O–H groups in total. The smallest absolute Gasteiger partial charge is 0.358 e. The molecule has 0 radical (unpaired) electrons. The highest BCUT2D eigenvalue weighted by atomic mass is 32.2. The molecule has 0 aliphatic carbocycles. The lowest BCUT2D eigenvalue weighted by Crippen LogP contribution is -2.22. The van der Waals surface area contributed by atoms with Gasteiger partial charge in [0.05, 0.1) is 16.8 Å². The van der Waals surface area contributed by atoms with Crippen LogP contribution in [-0.2, 0) is 16.1 Å². The topological polar surface area (TPSA) is 78.5 Å². The van der Waals surface area contributed by atoms with Crippen molar-refractivity contribution >= 4 is 17.2 Å². The van der Waals surface area contributed by atoms with E-state index in [2.05, 4.69) is 4.84 Å². The Morgan fingerprint density at radius 2 is 1.93 bits per heavy atom. The molecule has 0 heterocycles. The Morgan fingerprint density at radius 1 is 1.40 bits per heavy atom. The molecule has 0 fully saturated rings. The van der Waals surface area contributed by atoms with Gasteiger partial charge in [0.15, 0.2) is 0 Å². The highest BCUT2D eigenvalue weighted by Crippen LogP contribution is 2.13. The molecule has 1 aromatic rings. The van der Waals surface area contributed by atoms with Crippen LogP contribution in [0.1, 0.15) is 21.5 Å². The molecule has 5 nitrogen and oxygen atoms in total. The Kier molecular flexibility index (Phi) is 3.96. The number of hydrogen-bond donors (Lipinski definition) is 1. The molecule has 0 aliphatic rings. The molecule has 15 heavy (non-hydrogen) atoms. The van der Waals surface area contributed by atoms with Gasteiger partial charge in [-0.3, -0.25) is 4.21 Å². The van der Waals surface area contributed by atoms with Gasteiger partial charge in [0.1, 0.15) is 0 Å². The third-order valence-corrected chi connectivity index (χ3v) is 2.11. The highest BCUT2D eigenvalue weighted by Gasteiger charge is 2.13. The van der Waals surface area contributed by atoms with E-state index >= 15 is 0 Å². The van der Waals surface area contributed by atoms with Crippen LogP contribution in [0, 0.1) is 13.8 Å². The molecule has 0 amide bonds. The van der Waals surface area contributed by atoms with Gasteiger partial charge in [-0.2, -0.15) is 0 Å². The van der Waals surface area contributed by atoms with Crippen LogP contribution in [0.5, 0.6) is 0 Å². The summed E-state index contributed by atoms with van der Waals surface area (Å²) in [5.41, 5.74) is 1.84. The molecule has 0 aliphatic heterocycles. The summed E-state index contributed by atoms with van der Waals surface area (Å²) in [5, 5.41) is 0. The van der Waals surface area contributed by atoms with Crippen molar-refractivity contribution in [3.63, 3.8) is 0 Å². The Labute approximate surface area is 89.8 Å². The minimum absolute atomic E-state index is 0.371. The summed E-state index contributed by atoms with van der Waals surface area (Å²) in [6, 6.07) is 5.30. The first-order valence-electron chi connectivity index (χ1n) is 4.14. The zero-order valence-electron chi connectivity index (χ0n) is 8.27. The monoisotopic (exact) mass is 228 g/mol. The maximum absolute atomic E-state index is 11.4. The maximum atomic E-state index is 11.4. The molecule has 0 saturated heterocycles. The third-order valence-electron chi connectivity index (χ3n) is 1.89. The third kappa shape index (κ3) is 3.12. The van der Waals surface area contributed by atoms with Crippen molar-refractivity contribution in [1.29, 1.82) is 0 Å². The zero-order valence-corrected chi connectivity index (χ0v) is 9.09. The number of nitrogens with one attached hydrogen (secondary N) is 1. The number of rotatable bonds is 3. The largest absolute Gasteiger partial charge is 0.758 e. The van der Waals surface area contributed by atoms with E-state index in [1.807, 2.05) is 0 Å². The lowest BCUT2D eigenvalue weighted by Gasteiger charge is -2.10. The molecule has 6 heteroatoms. The van der Waals surface area contributed by atoms with Crippen LogP contribution >= 0.6 is 0 Å². The molecular weight excluding hydrogens is 218 g/mol. The van der Waals surface area contributed by atoms with Crippen molar-refractivity contribution in [1.82, 2.24) is 4.89 Å². The first kappa shape index (κ1) is 11.8. The van der Waals surface area contributed by atoms with E-state index in [0.29, 0.717) is 5.56 Å². The van der Waals surface area contributed by atoms with E-state index in [9.17, 15) is 13.6 Å². The molecule has 0 saturated carbocycles. The number of carbonyl (C=O) groups excluding carboxylic acids is 1. The normalized spacial score (nSPS) is 12.2. The van der Waals surface area contributed by atoms with Crippen molar-refractivity contribution in [2.75, 3.05) is 0 Å². The molecular formula is C9H10NO4S-. The fourth-order valence-corrected chi connectivity index (χ4v) is 1.40. The van der Waals surface area contributed by atoms with Gasteiger partial charge >= 0.3 is 5.97 Å². The SMILES string of the molecule is Cc1cccc(C)c1C(=O)ONS(=O)[O-]. The fraction of sp³-hybridized carbons (Fsp3) is 0.222. The first-order chi connectivity index (χ1) is 7.02. The van der Waals surface area contributed by atoms with Gasteiger partial charge in [-0.05, 0) is 25.0 Å². The quantitative estimate of drug-likeness (QED) is 0.612. The minimum atomic E-state index is -2.62. The van der Waals surface area contributed by atoms with Gasteiger partial charge in [0.2, 0.25) is 0 Å². The van der Waals surface area contributed by atoms with E-state index in [1.165, 1.54) is 0 Å². The van der Waals surface area contributed by atoms with Crippen LogP contribution in [-0.4, -0.2) is 14.7 Å². The van der Waals surface area contributed by atoms with Crippen molar-refractivity contribution in [2.24, 2.45) is 0 Å². The van der Waals surface area contributed by atoms with Gasteiger partial charge in [-0.15, -0.1) is 0 Å². The Hall–Kier alpha value is -1.24. The summed E-state index contributed by atoms with van der Waals surface area (Å²) in [6.45, 7) is 3.50. The molecule has 1 aromatic carbocycles. The number of aryl methyl sites for hydroxylation is 2. The standard InChI is InChI=1S/C9H11NO4S/c1-6-4-3-5-7(2)8(6)9(11)14-10-15(12)13/h3-5,10H,1-2H3,(H,12,13)/p-1. The lowest BCUT2D eigenvalue weighted by molar-refractivity contribution is 0.0402. The average molecular weight is 228 g/mol. The molecule has 0 spiro atoms. The summed E-state index contributed by atoms with van der Waals surface area (Å²) < 4.78 is 20.2. The summed E-state index contributed by atoms with van der Waals surface area (Å²) >= 11 is -2.62. The summed E-state index contributed by atoms with van der Waals surface area (Å²) in [5.74, 6) is -0.713. The molecule has 1 atom stereocenters. The molecule has 1 rings (SSSR count). The van der Waals surface area contributed by atoms with Crippen LogP contribution in [0.25, 0.3) is 0 Å². The Balaban J connectivity index is 2.86. The molecule has 0 aromatic heterocycles. The Morgan fingerprint density at radius 3 is 2.40 bits per heavy atom. The predicted octanol–water partition coefficient (Wildman–Crippen LogP) is 0.759. The van der Waals surface area contributed by atoms with E-state index in [-0.39, 0.29) is 0 Å². The number of carbonyl (C=O) groups is 1. The first-order valence-corrected chi connectivity index (χ1v) is 5.22. The predicted molar refractivity (Wildman–Crippen MR) is 53.4 cm³/mol. The summed E-state index contributed by atoms with van der Waals surface area (Å²) in [7, 11) is 0. The maximum Gasteiger partial charge on any atom is 0.358 e. The van der Waals surface area contributed by atoms with Gasteiger partial charge in [-0.25, -0.2) is 4.79 Å². The minimum Gasteiger partial charge on any atom is -0.758 e. The second-order valence-electron chi connectivity index (χ2n) is 2.97. The van der Waals surface area contributed by atoms with E-state index in [4.69, 9.17) is 0 Å². The second-order valence-corrected chi connectivity index (χ2v) is 3.61. The highest BCUT2D eigenvalue weighted by molar-refractivity contribution is 7.76. The number of benzene rings is 1. The van der Waals surface area contributed by atoms with Gasteiger partial charge in [0, 0.05) is 0 Å². The van der Waals surface area contributed by atoms with E-state index < -0.39 is 17.2 Å². The second kappa shape index (κ2) is 5.01. The van der Waals surface area contributed by atoms with Crippen molar-refractivity contribution in [3.8, 4) is 0 Å². The van der Waals surface area contributed by atoms with Crippen molar-refractivity contribution in [3.05, 3.63) is 34.9 Å². The lowest BCUT2D eigenvalue weighted by atomic mass is 10.0. The summed E-state index contributed by atoms with van der Waals surface area (Å²) in [4.78, 5) is 17.3. The van der Waals surface area contributed by atoms with Gasteiger partial charge in [0.25, 0.3) is 0 Å². The Bertz CT molecular complexity index is 385. The van der Waals surface area contributed by atoms with Gasteiger partial charge < -0.3 is 9.39 Å². The summed E-state index contributed by atoms with van der Waals surface area (Å²) in [6.07, 6.45) is 0. The van der Waals surface area contributed by atoms with E-state index in [1.54, 1.807) is 36.9 Å². The molecule has 1 unspecified atom stereocenters. The van der Waals surface area contributed by atoms with Crippen LogP contribution in [0.4, 0.5) is 0 Å². The van der Waals surface area contributed by atoms with Crippen molar-refractivity contribution < 1.29 is 18.4 Å². The zero-order chi connectivity index (χ0) is 11.4. The number of hydrogen-bond acceptors (Lipinski definition) is 4. The van der Waals surface area contributed by atoms with Crippen LogP contribution in [0.3, 0.4) is 0 Å². The van der Waals surface area contributed by atoms with Gasteiger partial charge in [-0.1, -0.05) is 23.1 Å². The average Bonchev–Trinajstić information content (AvgIpc) is 2.14. The van der Waals surface area contributed by atoms with Crippen molar-refractivity contribution in [2.45, 2.75) is 13.8 Å². The molecule has 82 valence electrons. The van der Waals surface area contributed by atoms with E-state index in [0.717, 1.165) is 11.1 Å². The fourth-order valence-electron chi connectivity index (χ4n) is 1.26. The molecule has 0 bridgehead atoms. The van der Waals surface area contributed by atoms with Crippen LogP contribution in [0.2, 0.25) is 0 Å². The van der Waals surface area contributed by atoms with Crippen LogP contribution in [0.15, 0.2) is 18.2 Å².